The molecule has 2 atom stereocenters. The summed E-state index contributed by atoms with van der Waals surface area (Å²) in [5.74, 6) is 0. The van der Waals surface area contributed by atoms with Crippen molar-refractivity contribution in [3.63, 3.8) is 0 Å². The van der Waals surface area contributed by atoms with E-state index in [0.29, 0.717) is 5.41 Å². The van der Waals surface area contributed by atoms with Gasteiger partial charge < -0.3 is 4.74 Å². The number of allylic oxidation sites excluding steroid dienone is 1. The molecule has 0 unspecified atom stereocenters. The second-order valence-electron chi connectivity index (χ2n) is 5.65. The van der Waals surface area contributed by atoms with Crippen LogP contribution in [0.4, 0.5) is 0 Å². The fourth-order valence-electron chi connectivity index (χ4n) is 1.91. The summed E-state index contributed by atoms with van der Waals surface area (Å²) in [7, 11) is 0. The maximum atomic E-state index is 5.92. The lowest BCUT2D eigenvalue weighted by Gasteiger charge is -2.21. The Morgan fingerprint density at radius 3 is 2.67 bits per heavy atom. The lowest BCUT2D eigenvalue weighted by Crippen LogP contribution is -2.14. The highest BCUT2D eigenvalue weighted by Gasteiger charge is 2.27. The van der Waals surface area contributed by atoms with Gasteiger partial charge in [0.2, 0.25) is 0 Å². The zero-order valence-electron chi connectivity index (χ0n) is 10.5. The minimum Gasteiger partial charge on any atom is -0.366 e. The molecule has 0 aromatic heterocycles. The Bertz CT molecular complexity index is 245. The van der Waals surface area contributed by atoms with Gasteiger partial charge in [0.1, 0.15) is 0 Å². The van der Waals surface area contributed by atoms with Gasteiger partial charge in [-0.2, -0.15) is 0 Å². The van der Waals surface area contributed by atoms with Crippen LogP contribution in [0.15, 0.2) is 24.3 Å². The number of rotatable bonds is 3. The lowest BCUT2D eigenvalue weighted by molar-refractivity contribution is 0.0679. The molecule has 1 aliphatic rings. The van der Waals surface area contributed by atoms with Crippen molar-refractivity contribution < 1.29 is 4.74 Å². The number of ether oxygens (including phenoxy) is 1. The lowest BCUT2D eigenvalue weighted by atomic mass is 9.88. The zero-order valence-corrected chi connectivity index (χ0v) is 10.5. The van der Waals surface area contributed by atoms with Crippen LogP contribution in [0, 0.1) is 5.41 Å². The summed E-state index contributed by atoms with van der Waals surface area (Å²) in [4.78, 5) is 0. The number of hydrogen-bond donors (Lipinski definition) is 0. The Morgan fingerprint density at radius 2 is 2.13 bits per heavy atom. The highest BCUT2D eigenvalue weighted by molar-refractivity contribution is 5.13. The van der Waals surface area contributed by atoms with Crippen LogP contribution < -0.4 is 0 Å². The van der Waals surface area contributed by atoms with Crippen LogP contribution in [0.25, 0.3) is 0 Å². The van der Waals surface area contributed by atoms with Gasteiger partial charge in [-0.25, -0.2) is 0 Å². The van der Waals surface area contributed by atoms with Crippen LogP contribution in [0.1, 0.15) is 47.0 Å². The van der Waals surface area contributed by atoms with Crippen LogP contribution in [0.3, 0.4) is 0 Å². The van der Waals surface area contributed by atoms with Gasteiger partial charge in [0.15, 0.2) is 0 Å². The van der Waals surface area contributed by atoms with E-state index in [4.69, 9.17) is 4.74 Å². The fraction of sp³-hybridized carbons (Fsp3) is 0.714. The van der Waals surface area contributed by atoms with E-state index in [9.17, 15) is 0 Å². The van der Waals surface area contributed by atoms with E-state index in [1.165, 1.54) is 12.0 Å². The molecule has 0 aromatic carbocycles. The molecule has 0 amide bonds. The van der Waals surface area contributed by atoms with Crippen LogP contribution in [0.2, 0.25) is 0 Å². The fourth-order valence-corrected chi connectivity index (χ4v) is 1.91. The standard InChI is InChI=1S/C14H24O/c1-6-7-12-10-11(2)13(15-12)8-9-14(3,4)5/h6-7,12-13H,2,8-10H2,1,3-5H3/b7-6+/t12-,13-/m0/s1. The normalized spacial score (nSPS) is 27.9. The molecule has 0 aromatic rings. The Labute approximate surface area is 94.2 Å². The molecular formula is C14H24O. The Morgan fingerprint density at radius 1 is 1.47 bits per heavy atom. The van der Waals surface area contributed by atoms with Gasteiger partial charge in [-0.3, -0.25) is 0 Å². The van der Waals surface area contributed by atoms with Crippen molar-refractivity contribution in [1.82, 2.24) is 0 Å². The molecule has 1 fully saturated rings. The molecule has 1 aliphatic heterocycles. The van der Waals surface area contributed by atoms with E-state index in [0.717, 1.165) is 12.8 Å². The highest BCUT2D eigenvalue weighted by atomic mass is 16.5. The molecule has 1 nitrogen and oxygen atoms in total. The van der Waals surface area contributed by atoms with Crippen molar-refractivity contribution in [2.24, 2.45) is 5.41 Å². The third-order valence-electron chi connectivity index (χ3n) is 2.82. The second-order valence-corrected chi connectivity index (χ2v) is 5.65. The molecule has 0 N–H and O–H groups in total. The van der Waals surface area contributed by atoms with Gasteiger partial charge in [-0.15, -0.1) is 0 Å². The first-order valence-electron chi connectivity index (χ1n) is 5.88. The molecular weight excluding hydrogens is 184 g/mol. The molecule has 0 saturated carbocycles. The van der Waals surface area contributed by atoms with Crippen LogP contribution in [-0.4, -0.2) is 12.2 Å². The average Bonchev–Trinajstić information content (AvgIpc) is 2.42. The monoisotopic (exact) mass is 208 g/mol. The molecule has 1 heteroatoms. The van der Waals surface area contributed by atoms with Gasteiger partial charge in [0, 0.05) is 6.42 Å². The first-order valence-corrected chi connectivity index (χ1v) is 5.88. The van der Waals surface area contributed by atoms with E-state index < -0.39 is 0 Å². The van der Waals surface area contributed by atoms with Gasteiger partial charge in [-0.1, -0.05) is 39.5 Å². The number of hydrogen-bond acceptors (Lipinski definition) is 1. The van der Waals surface area contributed by atoms with Crippen molar-refractivity contribution in [3.05, 3.63) is 24.3 Å². The van der Waals surface area contributed by atoms with Crippen molar-refractivity contribution in [1.29, 1.82) is 0 Å². The molecule has 0 aliphatic carbocycles. The molecule has 0 spiro atoms. The maximum absolute atomic E-state index is 5.92. The minimum atomic E-state index is 0.271. The third kappa shape index (κ3) is 4.21. The van der Waals surface area contributed by atoms with Gasteiger partial charge in [0.25, 0.3) is 0 Å². The van der Waals surface area contributed by atoms with Gasteiger partial charge >= 0.3 is 0 Å². The first-order chi connectivity index (χ1) is 6.92. The van der Waals surface area contributed by atoms with Crippen molar-refractivity contribution in [3.8, 4) is 0 Å². The molecule has 1 saturated heterocycles. The summed E-state index contributed by atoms with van der Waals surface area (Å²) in [5.41, 5.74) is 1.66. The maximum Gasteiger partial charge on any atom is 0.0801 e. The van der Waals surface area contributed by atoms with Gasteiger partial charge in [-0.05, 0) is 30.8 Å². The Hall–Kier alpha value is -0.560. The van der Waals surface area contributed by atoms with Crippen LogP contribution >= 0.6 is 0 Å². The first kappa shape index (κ1) is 12.5. The molecule has 86 valence electrons. The van der Waals surface area contributed by atoms with Crippen LogP contribution in [-0.2, 0) is 4.74 Å². The second kappa shape index (κ2) is 4.98. The topological polar surface area (TPSA) is 9.23 Å². The smallest absolute Gasteiger partial charge is 0.0801 e. The Balaban J connectivity index is 2.41. The van der Waals surface area contributed by atoms with Gasteiger partial charge in [0.05, 0.1) is 12.2 Å². The molecule has 1 rings (SSSR count). The zero-order chi connectivity index (χ0) is 11.5. The van der Waals surface area contributed by atoms with E-state index in [-0.39, 0.29) is 12.2 Å². The van der Waals surface area contributed by atoms with E-state index >= 15 is 0 Å². The summed E-state index contributed by atoms with van der Waals surface area (Å²) >= 11 is 0. The average molecular weight is 208 g/mol. The Kier molecular flexibility index (Phi) is 4.15. The van der Waals surface area contributed by atoms with Crippen molar-refractivity contribution in [2.75, 3.05) is 0 Å². The van der Waals surface area contributed by atoms with Crippen molar-refractivity contribution >= 4 is 0 Å². The van der Waals surface area contributed by atoms with E-state index in [2.05, 4.69) is 39.5 Å². The minimum absolute atomic E-state index is 0.271. The molecule has 15 heavy (non-hydrogen) atoms. The SMILES string of the molecule is C=C1C[C@H](/C=C/C)O[C@H]1CCC(C)(C)C. The molecule has 0 bridgehead atoms. The quantitative estimate of drug-likeness (QED) is 0.634. The summed E-state index contributed by atoms with van der Waals surface area (Å²) in [6, 6.07) is 0. The summed E-state index contributed by atoms with van der Waals surface area (Å²) in [6.07, 6.45) is 8.04. The molecule has 1 heterocycles. The summed E-state index contributed by atoms with van der Waals surface area (Å²) < 4.78 is 5.92. The van der Waals surface area contributed by atoms with Crippen LogP contribution in [0.5, 0.6) is 0 Å². The summed E-state index contributed by atoms with van der Waals surface area (Å²) in [5, 5.41) is 0. The van der Waals surface area contributed by atoms with E-state index in [1.54, 1.807) is 0 Å². The third-order valence-corrected chi connectivity index (χ3v) is 2.82. The highest BCUT2D eigenvalue weighted by Crippen LogP contribution is 2.31. The summed E-state index contributed by atoms with van der Waals surface area (Å²) in [6.45, 7) is 13.0. The largest absolute Gasteiger partial charge is 0.366 e. The predicted octanol–water partition coefficient (Wildman–Crippen LogP) is 4.10. The molecule has 0 radical (unpaired) electrons. The van der Waals surface area contributed by atoms with Crippen molar-refractivity contribution in [2.45, 2.75) is 59.2 Å². The predicted molar refractivity (Wildman–Crippen MR) is 65.9 cm³/mol. The van der Waals surface area contributed by atoms with E-state index in [1.807, 2.05) is 6.92 Å².